The number of nitrogens with zero attached hydrogens (tertiary/aromatic N) is 1. The van der Waals surface area contributed by atoms with E-state index in [1.54, 1.807) is 0 Å². The largest absolute Gasteiger partial charge is 0.326 e. The van der Waals surface area contributed by atoms with Gasteiger partial charge in [0.25, 0.3) is 0 Å². The van der Waals surface area contributed by atoms with Gasteiger partial charge in [-0.3, -0.25) is 4.90 Å². The standard InChI is InChI=1S/C17H23ClN2S/c1-11-8-9-16(21-11)17(12(2)19)20(4)13(3)14-6-5-7-15(18)10-14/h5-10,12-13,17H,19H2,1-4H3. The van der Waals surface area contributed by atoms with Crippen molar-refractivity contribution in [3.05, 3.63) is 56.7 Å². The van der Waals surface area contributed by atoms with Gasteiger partial charge in [-0.25, -0.2) is 0 Å². The molecule has 0 aliphatic rings. The van der Waals surface area contributed by atoms with Crippen molar-refractivity contribution in [3.63, 3.8) is 0 Å². The molecule has 2 N–H and O–H groups in total. The fourth-order valence-corrected chi connectivity index (χ4v) is 4.03. The lowest BCUT2D eigenvalue weighted by atomic mass is 10.0. The van der Waals surface area contributed by atoms with E-state index < -0.39 is 0 Å². The third-order valence-corrected chi connectivity index (χ3v) is 5.24. The highest BCUT2D eigenvalue weighted by atomic mass is 35.5. The number of hydrogen-bond donors (Lipinski definition) is 1. The molecular formula is C17H23ClN2S. The Morgan fingerprint density at radius 3 is 2.43 bits per heavy atom. The summed E-state index contributed by atoms with van der Waals surface area (Å²) in [4.78, 5) is 4.97. The number of aryl methyl sites for hydroxylation is 1. The van der Waals surface area contributed by atoms with E-state index in [-0.39, 0.29) is 18.1 Å². The molecule has 0 saturated heterocycles. The van der Waals surface area contributed by atoms with Gasteiger partial charge in [0.1, 0.15) is 0 Å². The van der Waals surface area contributed by atoms with Crippen molar-refractivity contribution >= 4 is 22.9 Å². The first-order valence-corrected chi connectivity index (χ1v) is 8.39. The summed E-state index contributed by atoms with van der Waals surface area (Å²) in [5, 5.41) is 0.775. The Bertz CT molecular complexity index is 594. The fourth-order valence-electron chi connectivity index (χ4n) is 2.69. The third-order valence-electron chi connectivity index (χ3n) is 3.93. The summed E-state index contributed by atoms with van der Waals surface area (Å²) in [7, 11) is 2.13. The van der Waals surface area contributed by atoms with Crippen LogP contribution >= 0.6 is 22.9 Å². The Kier molecular flexibility index (Phi) is 5.44. The van der Waals surface area contributed by atoms with E-state index in [0.717, 1.165) is 5.02 Å². The molecule has 0 bridgehead atoms. The monoisotopic (exact) mass is 322 g/mol. The van der Waals surface area contributed by atoms with Gasteiger partial charge < -0.3 is 5.73 Å². The Balaban J connectivity index is 2.28. The molecule has 0 radical (unpaired) electrons. The maximum absolute atomic E-state index is 6.26. The number of thiophene rings is 1. The molecule has 0 fully saturated rings. The zero-order valence-electron chi connectivity index (χ0n) is 13.0. The van der Waals surface area contributed by atoms with Crippen LogP contribution in [0.4, 0.5) is 0 Å². The molecule has 114 valence electrons. The summed E-state index contributed by atoms with van der Waals surface area (Å²) in [5.74, 6) is 0. The van der Waals surface area contributed by atoms with E-state index in [1.165, 1.54) is 15.3 Å². The zero-order chi connectivity index (χ0) is 15.6. The Morgan fingerprint density at radius 2 is 1.90 bits per heavy atom. The maximum Gasteiger partial charge on any atom is 0.0593 e. The van der Waals surface area contributed by atoms with E-state index in [1.807, 2.05) is 29.5 Å². The lowest BCUT2D eigenvalue weighted by Gasteiger charge is -2.35. The van der Waals surface area contributed by atoms with E-state index >= 15 is 0 Å². The summed E-state index contributed by atoms with van der Waals surface area (Å²) < 4.78 is 0. The maximum atomic E-state index is 6.26. The van der Waals surface area contributed by atoms with E-state index in [2.05, 4.69) is 50.9 Å². The zero-order valence-corrected chi connectivity index (χ0v) is 14.6. The molecule has 3 atom stereocenters. The topological polar surface area (TPSA) is 29.3 Å². The summed E-state index contributed by atoms with van der Waals surface area (Å²) in [6.07, 6.45) is 0. The number of nitrogens with two attached hydrogens (primary N) is 1. The van der Waals surface area contributed by atoms with Gasteiger partial charge in [0, 0.05) is 26.9 Å². The van der Waals surface area contributed by atoms with Crippen LogP contribution in [0.15, 0.2) is 36.4 Å². The van der Waals surface area contributed by atoms with Crippen molar-refractivity contribution in [3.8, 4) is 0 Å². The van der Waals surface area contributed by atoms with Crippen LogP contribution in [0.2, 0.25) is 5.02 Å². The molecule has 0 spiro atoms. The van der Waals surface area contributed by atoms with Crippen molar-refractivity contribution in [2.75, 3.05) is 7.05 Å². The van der Waals surface area contributed by atoms with Gasteiger partial charge in [-0.15, -0.1) is 11.3 Å². The third kappa shape index (κ3) is 3.86. The van der Waals surface area contributed by atoms with Crippen LogP contribution in [0.1, 0.15) is 41.2 Å². The van der Waals surface area contributed by atoms with Crippen molar-refractivity contribution in [2.45, 2.75) is 38.9 Å². The molecule has 4 heteroatoms. The molecule has 0 saturated carbocycles. The van der Waals surface area contributed by atoms with Crippen LogP contribution in [-0.2, 0) is 0 Å². The molecule has 21 heavy (non-hydrogen) atoms. The number of benzene rings is 1. The van der Waals surface area contributed by atoms with Crippen molar-refractivity contribution < 1.29 is 0 Å². The molecule has 0 aliphatic heterocycles. The molecule has 0 aliphatic carbocycles. The lowest BCUT2D eigenvalue weighted by molar-refractivity contribution is 0.168. The molecule has 2 nitrogen and oxygen atoms in total. The minimum atomic E-state index is 0.0645. The Labute approximate surface area is 136 Å². The minimum Gasteiger partial charge on any atom is -0.326 e. The van der Waals surface area contributed by atoms with Gasteiger partial charge in [0.2, 0.25) is 0 Å². The second kappa shape index (κ2) is 6.93. The second-order valence-corrected chi connectivity index (χ2v) is 7.40. The molecule has 3 unspecified atom stereocenters. The fraction of sp³-hybridized carbons (Fsp3) is 0.412. The Hall–Kier alpha value is -0.870. The van der Waals surface area contributed by atoms with Crippen LogP contribution in [0.5, 0.6) is 0 Å². The number of rotatable bonds is 5. The van der Waals surface area contributed by atoms with Gasteiger partial charge in [-0.2, -0.15) is 0 Å². The van der Waals surface area contributed by atoms with Crippen LogP contribution in [-0.4, -0.2) is 18.0 Å². The predicted octanol–water partition coefficient (Wildman–Crippen LogP) is 4.79. The summed E-state index contributed by atoms with van der Waals surface area (Å²) in [6, 6.07) is 12.9. The highest BCUT2D eigenvalue weighted by molar-refractivity contribution is 7.12. The molecule has 2 rings (SSSR count). The number of halogens is 1. The van der Waals surface area contributed by atoms with Crippen LogP contribution in [0, 0.1) is 6.92 Å². The predicted molar refractivity (Wildman–Crippen MR) is 93.1 cm³/mol. The van der Waals surface area contributed by atoms with Crippen LogP contribution in [0.25, 0.3) is 0 Å². The van der Waals surface area contributed by atoms with Gasteiger partial charge in [0.05, 0.1) is 6.04 Å². The quantitative estimate of drug-likeness (QED) is 0.857. The second-order valence-electron chi connectivity index (χ2n) is 5.65. The molecular weight excluding hydrogens is 300 g/mol. The molecule has 1 aromatic heterocycles. The SMILES string of the molecule is Cc1ccc(C(C(C)N)N(C)C(C)c2cccc(Cl)c2)s1. The lowest BCUT2D eigenvalue weighted by Crippen LogP contribution is -2.38. The van der Waals surface area contributed by atoms with Crippen molar-refractivity contribution in [1.82, 2.24) is 4.90 Å². The molecule has 2 aromatic rings. The smallest absolute Gasteiger partial charge is 0.0593 e. The highest BCUT2D eigenvalue weighted by Gasteiger charge is 2.26. The summed E-state index contributed by atoms with van der Waals surface area (Å²) in [5.41, 5.74) is 7.48. The van der Waals surface area contributed by atoms with Gasteiger partial charge in [0.15, 0.2) is 0 Å². The minimum absolute atomic E-state index is 0.0645. The molecule has 1 heterocycles. The van der Waals surface area contributed by atoms with Gasteiger partial charge in [-0.05, 0) is 57.6 Å². The first kappa shape index (κ1) is 16.5. The Morgan fingerprint density at radius 1 is 1.19 bits per heavy atom. The van der Waals surface area contributed by atoms with Gasteiger partial charge in [-0.1, -0.05) is 23.7 Å². The van der Waals surface area contributed by atoms with E-state index in [4.69, 9.17) is 17.3 Å². The highest BCUT2D eigenvalue weighted by Crippen LogP contribution is 2.34. The summed E-state index contributed by atoms with van der Waals surface area (Å²) >= 11 is 7.94. The van der Waals surface area contributed by atoms with Crippen molar-refractivity contribution in [2.24, 2.45) is 5.73 Å². The van der Waals surface area contributed by atoms with Crippen LogP contribution in [0.3, 0.4) is 0 Å². The van der Waals surface area contributed by atoms with Crippen molar-refractivity contribution in [1.29, 1.82) is 0 Å². The number of likely N-dealkylation sites (N-methyl/N-ethyl adjacent to an activating group) is 1. The van der Waals surface area contributed by atoms with E-state index in [0.29, 0.717) is 0 Å². The molecule has 1 aromatic carbocycles. The van der Waals surface area contributed by atoms with E-state index in [9.17, 15) is 0 Å². The first-order chi connectivity index (χ1) is 9.90. The number of hydrogen-bond acceptors (Lipinski definition) is 3. The van der Waals surface area contributed by atoms with Gasteiger partial charge >= 0.3 is 0 Å². The first-order valence-electron chi connectivity index (χ1n) is 7.19. The normalized spacial score (nSPS) is 16.0. The molecule has 0 amide bonds. The average Bonchev–Trinajstić information content (AvgIpc) is 2.83. The summed E-state index contributed by atoms with van der Waals surface area (Å²) in [6.45, 7) is 6.40. The van der Waals surface area contributed by atoms with Crippen LogP contribution < -0.4 is 5.73 Å². The average molecular weight is 323 g/mol.